The van der Waals surface area contributed by atoms with E-state index < -0.39 is 8.07 Å². The first-order valence-electron chi connectivity index (χ1n) is 15.4. The number of anilines is 4. The summed E-state index contributed by atoms with van der Waals surface area (Å²) in [6, 6.07) is 28.3. The highest BCUT2D eigenvalue weighted by Crippen LogP contribution is 2.22. The van der Waals surface area contributed by atoms with Crippen LogP contribution in [0.2, 0.25) is 39.7 Å². The molecule has 7 N–H and O–H groups in total. The van der Waals surface area contributed by atoms with Crippen LogP contribution in [0.1, 0.15) is 32.6 Å². The molecular formula is C41H37Cl4IN4OSi. The lowest BCUT2D eigenvalue weighted by Crippen LogP contribution is -2.16. The molecule has 0 fully saturated rings. The van der Waals surface area contributed by atoms with E-state index in [4.69, 9.17) is 76.5 Å². The third-order valence-electron chi connectivity index (χ3n) is 6.31. The van der Waals surface area contributed by atoms with Crippen LogP contribution in [0.4, 0.5) is 22.7 Å². The molecule has 5 aromatic rings. The van der Waals surface area contributed by atoms with Crippen molar-refractivity contribution in [2.75, 3.05) is 22.5 Å². The Balaban J connectivity index is 0.000000251. The van der Waals surface area contributed by atoms with E-state index in [0.717, 1.165) is 25.4 Å². The number of nitrogens with one attached hydrogen (secondary N) is 1. The topological polar surface area (TPSA) is 107 Å². The molecule has 5 rings (SSSR count). The van der Waals surface area contributed by atoms with E-state index in [9.17, 15) is 4.79 Å². The van der Waals surface area contributed by atoms with Gasteiger partial charge in [0.15, 0.2) is 0 Å². The fraction of sp³-hybridized carbons (Fsp3) is 0.0976. The number of rotatable bonds is 2. The molecule has 1 amide bonds. The van der Waals surface area contributed by atoms with Crippen molar-refractivity contribution in [1.82, 2.24) is 0 Å². The van der Waals surface area contributed by atoms with E-state index in [1.54, 1.807) is 66.7 Å². The molecule has 266 valence electrons. The van der Waals surface area contributed by atoms with Crippen LogP contribution >= 0.6 is 69.0 Å². The first-order valence-corrected chi connectivity index (χ1v) is 21.5. The average Bonchev–Trinajstić information content (AvgIpc) is 3.09. The summed E-state index contributed by atoms with van der Waals surface area (Å²) >= 11 is 25.5. The standard InChI is InChI=1S/C16H12ClNO.C11H14ClNSi.C8H6ClN.C6H5ClIN/c1-3-12-10-14(7-8-15(12)17)18-16(19)13-6-4-5-11(2)9-13;1-14(2,3)7-6-9-8-10(13)4-5-11(9)12;1-2-6-5-7(10)3-4-8(6)9;7-5-2-1-4(9)3-6(5)8/h1,4-10H,2H3,(H,18,19);4-5,8H,13H2,1-3H3;1,3-5H,10H2;1-3H,9H2. The minimum Gasteiger partial charge on any atom is -0.399 e. The maximum atomic E-state index is 12.1. The van der Waals surface area contributed by atoms with E-state index in [2.05, 4.69) is 70.9 Å². The molecule has 0 saturated carbocycles. The molecule has 0 bridgehead atoms. The Hall–Kier alpha value is -4.24. The lowest BCUT2D eigenvalue weighted by Gasteiger charge is -2.07. The number of carbonyl (C=O) groups excluding carboxylic acids is 1. The first-order chi connectivity index (χ1) is 24.4. The van der Waals surface area contributed by atoms with E-state index in [1.807, 2.05) is 37.3 Å². The SMILES string of the molecule is C#Cc1cc(N)ccc1Cl.C#Cc1cc(NC(=O)c2cccc(C)c2)ccc1Cl.C[Si](C)(C)C#Cc1cc(N)ccc1Cl.Nc1ccc(Cl)c(I)c1. The van der Waals surface area contributed by atoms with Crippen LogP contribution in [0.3, 0.4) is 0 Å². The average molecular weight is 899 g/mol. The molecule has 5 nitrogen and oxygen atoms in total. The lowest BCUT2D eigenvalue weighted by molar-refractivity contribution is 0.102. The number of benzene rings is 5. The Morgan fingerprint density at radius 2 is 1.15 bits per heavy atom. The number of halogens is 5. The third-order valence-corrected chi connectivity index (χ3v) is 9.72. The molecule has 0 radical (unpaired) electrons. The second kappa shape index (κ2) is 21.3. The first kappa shape index (κ1) is 43.9. The predicted octanol–water partition coefficient (Wildman–Crippen LogP) is 11.5. The summed E-state index contributed by atoms with van der Waals surface area (Å²) in [5, 5.41) is 5.28. The molecular weight excluding hydrogens is 861 g/mol. The van der Waals surface area contributed by atoms with Gasteiger partial charge in [0.1, 0.15) is 8.07 Å². The molecule has 0 aromatic heterocycles. The number of hydrogen-bond acceptors (Lipinski definition) is 4. The molecule has 0 aliphatic heterocycles. The molecule has 0 aliphatic carbocycles. The van der Waals surface area contributed by atoms with Crippen molar-refractivity contribution < 1.29 is 4.79 Å². The number of amides is 1. The van der Waals surface area contributed by atoms with Crippen LogP contribution in [-0.4, -0.2) is 14.0 Å². The molecule has 0 atom stereocenters. The monoisotopic (exact) mass is 896 g/mol. The van der Waals surface area contributed by atoms with Gasteiger partial charge in [0, 0.05) is 48.6 Å². The van der Waals surface area contributed by atoms with Gasteiger partial charge in [0.25, 0.3) is 5.91 Å². The molecule has 0 saturated heterocycles. The van der Waals surface area contributed by atoms with Crippen molar-refractivity contribution >= 4 is 106 Å². The molecule has 0 aliphatic rings. The van der Waals surface area contributed by atoms with Crippen LogP contribution in [0.15, 0.2) is 97.1 Å². The molecule has 0 unspecified atom stereocenters. The summed E-state index contributed by atoms with van der Waals surface area (Å²) in [6.45, 7) is 8.52. The van der Waals surface area contributed by atoms with Gasteiger partial charge in [0.05, 0.1) is 20.1 Å². The summed E-state index contributed by atoms with van der Waals surface area (Å²) in [4.78, 5) is 12.1. The molecule has 5 aromatic carbocycles. The van der Waals surface area contributed by atoms with Gasteiger partial charge in [-0.15, -0.1) is 18.4 Å². The predicted molar refractivity (Wildman–Crippen MR) is 237 cm³/mol. The van der Waals surface area contributed by atoms with E-state index in [1.165, 1.54) is 0 Å². The van der Waals surface area contributed by atoms with E-state index in [0.29, 0.717) is 48.8 Å². The maximum absolute atomic E-state index is 12.1. The van der Waals surface area contributed by atoms with Crippen molar-refractivity contribution in [3.63, 3.8) is 0 Å². The van der Waals surface area contributed by atoms with Crippen molar-refractivity contribution in [3.05, 3.63) is 149 Å². The molecule has 0 heterocycles. The largest absolute Gasteiger partial charge is 0.399 e. The van der Waals surface area contributed by atoms with E-state index >= 15 is 0 Å². The van der Waals surface area contributed by atoms with Gasteiger partial charge in [-0.3, -0.25) is 4.79 Å². The van der Waals surface area contributed by atoms with Gasteiger partial charge in [-0.05, 0) is 114 Å². The quantitative estimate of drug-likeness (QED) is 0.0613. The number of hydrogen-bond donors (Lipinski definition) is 4. The van der Waals surface area contributed by atoms with Gasteiger partial charge in [-0.2, -0.15) is 0 Å². The number of aryl methyl sites for hydroxylation is 1. The molecule has 0 spiro atoms. The fourth-order valence-electron chi connectivity index (χ4n) is 3.76. The van der Waals surface area contributed by atoms with Crippen molar-refractivity contribution in [3.8, 4) is 36.2 Å². The zero-order valence-corrected chi connectivity index (χ0v) is 35.1. The van der Waals surface area contributed by atoms with E-state index in [-0.39, 0.29) is 5.91 Å². The Morgan fingerprint density at radius 1 is 0.673 bits per heavy atom. The van der Waals surface area contributed by atoms with Crippen molar-refractivity contribution in [2.24, 2.45) is 0 Å². The Labute approximate surface area is 341 Å². The highest BCUT2D eigenvalue weighted by Gasteiger charge is 2.09. The minimum absolute atomic E-state index is 0.172. The number of nitrogen functional groups attached to an aromatic ring is 3. The third kappa shape index (κ3) is 16.0. The number of nitrogens with two attached hydrogens (primary N) is 3. The maximum Gasteiger partial charge on any atom is 0.255 e. The highest BCUT2D eigenvalue weighted by molar-refractivity contribution is 14.1. The van der Waals surface area contributed by atoms with Gasteiger partial charge in [-0.25, -0.2) is 0 Å². The number of carbonyl (C=O) groups is 1. The smallest absolute Gasteiger partial charge is 0.255 e. The van der Waals surface area contributed by atoms with Gasteiger partial charge in [0.2, 0.25) is 0 Å². The van der Waals surface area contributed by atoms with Crippen LogP contribution < -0.4 is 22.5 Å². The zero-order chi connectivity index (χ0) is 39.0. The lowest BCUT2D eigenvalue weighted by atomic mass is 10.1. The zero-order valence-electron chi connectivity index (χ0n) is 28.9. The summed E-state index contributed by atoms with van der Waals surface area (Å²) in [5.74, 6) is 7.82. The Kier molecular flexibility index (Phi) is 18.0. The van der Waals surface area contributed by atoms with Crippen LogP contribution in [0.25, 0.3) is 0 Å². The second-order valence-electron chi connectivity index (χ2n) is 12.0. The molecule has 52 heavy (non-hydrogen) atoms. The van der Waals surface area contributed by atoms with Crippen LogP contribution in [0, 0.1) is 46.6 Å². The number of terminal acetylenes is 2. The summed E-state index contributed by atoms with van der Waals surface area (Å²) < 4.78 is 0.995. The fourth-order valence-corrected chi connectivity index (χ4v) is 5.44. The second-order valence-corrected chi connectivity index (χ2v) is 19.5. The molecule has 11 heteroatoms. The summed E-state index contributed by atoms with van der Waals surface area (Å²) in [7, 11) is -1.34. The summed E-state index contributed by atoms with van der Waals surface area (Å²) in [5.41, 5.74) is 26.2. The van der Waals surface area contributed by atoms with Crippen LogP contribution in [0.5, 0.6) is 0 Å². The van der Waals surface area contributed by atoms with Crippen LogP contribution in [-0.2, 0) is 0 Å². The Morgan fingerprint density at radius 3 is 1.63 bits per heavy atom. The van der Waals surface area contributed by atoms with Gasteiger partial charge < -0.3 is 22.5 Å². The Bertz CT molecular complexity index is 2180. The van der Waals surface area contributed by atoms with Crippen molar-refractivity contribution in [2.45, 2.75) is 26.6 Å². The normalized spacial score (nSPS) is 9.75. The van der Waals surface area contributed by atoms with Crippen molar-refractivity contribution in [1.29, 1.82) is 0 Å². The minimum atomic E-state index is -1.34. The van der Waals surface area contributed by atoms with Gasteiger partial charge >= 0.3 is 0 Å². The summed E-state index contributed by atoms with van der Waals surface area (Å²) in [6.07, 6.45) is 10.5. The highest BCUT2D eigenvalue weighted by atomic mass is 127. The van der Waals surface area contributed by atoms with Gasteiger partial charge in [-0.1, -0.05) is 102 Å².